The summed E-state index contributed by atoms with van der Waals surface area (Å²) in [7, 11) is 0. The van der Waals surface area contributed by atoms with E-state index in [1.54, 1.807) is 0 Å². The maximum atomic E-state index is 9.11. The van der Waals surface area contributed by atoms with E-state index in [0.717, 1.165) is 36.6 Å². The molecule has 21 heavy (non-hydrogen) atoms. The van der Waals surface area contributed by atoms with Crippen molar-refractivity contribution in [2.45, 2.75) is 45.7 Å². The molecule has 0 radical (unpaired) electrons. The molecule has 1 aromatic carbocycles. The van der Waals surface area contributed by atoms with Gasteiger partial charge in [-0.1, -0.05) is 31.5 Å². The first-order chi connectivity index (χ1) is 10.1. The summed E-state index contributed by atoms with van der Waals surface area (Å²) in [6.07, 6.45) is 3.32. The third-order valence-electron chi connectivity index (χ3n) is 4.16. The number of halogens is 1. The number of aliphatic hydroxyl groups excluding tert-OH is 1. The molecule has 0 aliphatic carbocycles. The van der Waals surface area contributed by atoms with Gasteiger partial charge in [-0.3, -0.25) is 0 Å². The van der Waals surface area contributed by atoms with Gasteiger partial charge in [0.05, 0.1) is 0 Å². The largest absolute Gasteiger partial charge is 0.396 e. The Bertz CT molecular complexity index is 448. The number of nitrogens with zero attached hydrogens (tertiary/aromatic N) is 1. The van der Waals surface area contributed by atoms with Gasteiger partial charge in [0.15, 0.2) is 0 Å². The number of nitrogens with one attached hydrogen (secondary N) is 1. The topological polar surface area (TPSA) is 35.5 Å². The quantitative estimate of drug-likeness (QED) is 0.845. The first-order valence-corrected chi connectivity index (χ1v) is 8.35. The maximum absolute atomic E-state index is 9.11. The minimum Gasteiger partial charge on any atom is -0.396 e. The fourth-order valence-electron chi connectivity index (χ4n) is 2.91. The van der Waals surface area contributed by atoms with Crippen LogP contribution in [0.25, 0.3) is 0 Å². The zero-order valence-corrected chi connectivity index (χ0v) is 13.9. The molecular formula is C17H27ClN2O. The van der Waals surface area contributed by atoms with Gasteiger partial charge < -0.3 is 15.3 Å². The average Bonchev–Trinajstić information content (AvgIpc) is 2.46. The van der Waals surface area contributed by atoms with E-state index in [1.165, 1.54) is 18.5 Å². The summed E-state index contributed by atoms with van der Waals surface area (Å²) in [5.41, 5.74) is 2.36. The molecule has 1 atom stereocenters. The number of benzene rings is 1. The Morgan fingerprint density at radius 3 is 2.90 bits per heavy atom. The number of aliphatic hydroxyl groups is 1. The van der Waals surface area contributed by atoms with Crippen LogP contribution in [0.5, 0.6) is 0 Å². The van der Waals surface area contributed by atoms with E-state index in [0.29, 0.717) is 18.6 Å². The summed E-state index contributed by atoms with van der Waals surface area (Å²) >= 11 is 6.42. The lowest BCUT2D eigenvalue weighted by molar-refractivity contribution is 0.244. The van der Waals surface area contributed by atoms with Crippen LogP contribution in [0.1, 0.15) is 38.7 Å². The van der Waals surface area contributed by atoms with Crippen molar-refractivity contribution in [3.63, 3.8) is 0 Å². The third-order valence-corrected chi connectivity index (χ3v) is 4.51. The number of rotatable bonds is 6. The van der Waals surface area contributed by atoms with Gasteiger partial charge in [0.2, 0.25) is 0 Å². The molecule has 118 valence electrons. The van der Waals surface area contributed by atoms with Gasteiger partial charge in [0, 0.05) is 43.0 Å². The van der Waals surface area contributed by atoms with E-state index in [1.807, 2.05) is 0 Å². The van der Waals surface area contributed by atoms with Crippen LogP contribution in [0.3, 0.4) is 0 Å². The van der Waals surface area contributed by atoms with Crippen molar-refractivity contribution in [1.29, 1.82) is 0 Å². The summed E-state index contributed by atoms with van der Waals surface area (Å²) in [5, 5.41) is 13.4. The SMILES string of the molecule is CC(C)NCc1ccc(N2CCCC(CCO)C2)cc1Cl. The van der Waals surface area contributed by atoms with E-state index in [4.69, 9.17) is 16.7 Å². The standard InChI is InChI=1S/C17H27ClN2O/c1-13(2)19-11-15-5-6-16(10-17(15)18)20-8-3-4-14(12-20)7-9-21/h5-6,10,13-14,19,21H,3-4,7-9,11-12H2,1-2H3. The lowest BCUT2D eigenvalue weighted by Crippen LogP contribution is -2.35. The van der Waals surface area contributed by atoms with Crippen LogP contribution in [0.15, 0.2) is 18.2 Å². The molecule has 0 saturated carbocycles. The van der Waals surface area contributed by atoms with Gasteiger partial charge in [0.25, 0.3) is 0 Å². The second-order valence-corrected chi connectivity index (χ2v) is 6.69. The molecule has 1 aromatic rings. The molecule has 0 aromatic heterocycles. The van der Waals surface area contributed by atoms with E-state index >= 15 is 0 Å². The van der Waals surface area contributed by atoms with Crippen molar-refractivity contribution in [2.75, 3.05) is 24.6 Å². The van der Waals surface area contributed by atoms with Gasteiger partial charge in [-0.2, -0.15) is 0 Å². The molecule has 3 nitrogen and oxygen atoms in total. The predicted molar refractivity (Wildman–Crippen MR) is 90.1 cm³/mol. The smallest absolute Gasteiger partial charge is 0.0471 e. The molecule has 0 amide bonds. The molecule has 1 unspecified atom stereocenters. The van der Waals surface area contributed by atoms with Crippen molar-refractivity contribution >= 4 is 17.3 Å². The van der Waals surface area contributed by atoms with Crippen molar-refractivity contribution in [1.82, 2.24) is 5.32 Å². The van der Waals surface area contributed by atoms with Gasteiger partial charge in [-0.15, -0.1) is 0 Å². The first-order valence-electron chi connectivity index (χ1n) is 7.97. The Morgan fingerprint density at radius 2 is 2.24 bits per heavy atom. The highest BCUT2D eigenvalue weighted by Gasteiger charge is 2.20. The number of hydrogen-bond donors (Lipinski definition) is 2. The maximum Gasteiger partial charge on any atom is 0.0471 e. The first kappa shape index (κ1) is 16.6. The van der Waals surface area contributed by atoms with E-state index < -0.39 is 0 Å². The third kappa shape index (κ3) is 4.87. The van der Waals surface area contributed by atoms with Gasteiger partial charge >= 0.3 is 0 Å². The molecular weight excluding hydrogens is 284 g/mol. The molecule has 1 heterocycles. The lowest BCUT2D eigenvalue weighted by Gasteiger charge is -2.34. The minimum absolute atomic E-state index is 0.291. The van der Waals surface area contributed by atoms with Crippen molar-refractivity contribution in [3.8, 4) is 0 Å². The van der Waals surface area contributed by atoms with Gasteiger partial charge in [-0.05, 0) is 42.9 Å². The van der Waals surface area contributed by atoms with E-state index in [9.17, 15) is 0 Å². The summed E-state index contributed by atoms with van der Waals surface area (Å²) in [4.78, 5) is 2.40. The summed E-state index contributed by atoms with van der Waals surface area (Å²) in [6, 6.07) is 6.84. The van der Waals surface area contributed by atoms with E-state index in [-0.39, 0.29) is 0 Å². The van der Waals surface area contributed by atoms with E-state index in [2.05, 4.69) is 42.3 Å². The molecule has 1 aliphatic heterocycles. The van der Waals surface area contributed by atoms with Gasteiger partial charge in [0.1, 0.15) is 0 Å². The van der Waals surface area contributed by atoms with Crippen LogP contribution >= 0.6 is 11.6 Å². The normalized spacial score (nSPS) is 19.3. The molecule has 2 N–H and O–H groups in total. The number of anilines is 1. The molecule has 1 aliphatic rings. The van der Waals surface area contributed by atoms with Crippen molar-refractivity contribution in [2.24, 2.45) is 5.92 Å². The molecule has 0 bridgehead atoms. The minimum atomic E-state index is 0.291. The van der Waals surface area contributed by atoms with Crippen LogP contribution in [0.4, 0.5) is 5.69 Å². The van der Waals surface area contributed by atoms with Crippen LogP contribution < -0.4 is 10.2 Å². The van der Waals surface area contributed by atoms with Crippen LogP contribution in [-0.4, -0.2) is 30.8 Å². The Labute approximate surface area is 133 Å². The Morgan fingerprint density at radius 1 is 1.43 bits per heavy atom. The zero-order valence-electron chi connectivity index (χ0n) is 13.1. The second kappa shape index (κ2) is 8.02. The fourth-order valence-corrected chi connectivity index (χ4v) is 3.15. The fraction of sp³-hybridized carbons (Fsp3) is 0.647. The van der Waals surface area contributed by atoms with Gasteiger partial charge in [-0.25, -0.2) is 0 Å². The summed E-state index contributed by atoms with van der Waals surface area (Å²) in [6.45, 7) is 7.49. The number of piperidine rings is 1. The zero-order chi connectivity index (χ0) is 15.2. The Balaban J connectivity index is 2.01. The Hall–Kier alpha value is -0.770. The summed E-state index contributed by atoms with van der Waals surface area (Å²) in [5.74, 6) is 0.602. The predicted octanol–water partition coefficient (Wildman–Crippen LogP) is 3.44. The monoisotopic (exact) mass is 310 g/mol. The summed E-state index contributed by atoms with van der Waals surface area (Å²) < 4.78 is 0. The lowest BCUT2D eigenvalue weighted by atomic mass is 9.94. The number of hydrogen-bond acceptors (Lipinski definition) is 3. The van der Waals surface area contributed by atoms with Crippen molar-refractivity contribution in [3.05, 3.63) is 28.8 Å². The Kier molecular flexibility index (Phi) is 6.34. The van der Waals surface area contributed by atoms with Crippen LogP contribution in [0, 0.1) is 5.92 Å². The molecule has 4 heteroatoms. The van der Waals surface area contributed by atoms with Crippen LogP contribution in [-0.2, 0) is 6.54 Å². The van der Waals surface area contributed by atoms with Crippen LogP contribution in [0.2, 0.25) is 5.02 Å². The second-order valence-electron chi connectivity index (χ2n) is 6.28. The molecule has 0 spiro atoms. The molecule has 2 rings (SSSR count). The average molecular weight is 311 g/mol. The molecule has 1 saturated heterocycles. The molecule has 1 fully saturated rings. The van der Waals surface area contributed by atoms with Crippen molar-refractivity contribution < 1.29 is 5.11 Å². The highest BCUT2D eigenvalue weighted by atomic mass is 35.5. The highest BCUT2D eigenvalue weighted by Crippen LogP contribution is 2.28. The highest BCUT2D eigenvalue weighted by molar-refractivity contribution is 6.31.